The van der Waals surface area contributed by atoms with Gasteiger partial charge in [0.1, 0.15) is 5.75 Å². The predicted molar refractivity (Wildman–Crippen MR) is 74.7 cm³/mol. The first kappa shape index (κ1) is 14.3. The molecule has 2 unspecified atom stereocenters. The Morgan fingerprint density at radius 3 is 2.79 bits per heavy atom. The predicted octanol–water partition coefficient (Wildman–Crippen LogP) is 0.895. The minimum Gasteiger partial charge on any atom is -0.493 e. The van der Waals surface area contributed by atoms with Crippen molar-refractivity contribution in [2.24, 2.45) is 5.92 Å². The molecule has 1 heterocycles. The highest BCUT2D eigenvalue weighted by Gasteiger charge is 2.26. The fraction of sp³-hybridized carbons (Fsp3) is 0.538. The number of rotatable bonds is 5. The van der Waals surface area contributed by atoms with E-state index in [1.54, 1.807) is 0 Å². The third-order valence-corrected chi connectivity index (χ3v) is 3.91. The smallest absolute Gasteiger partial charge is 0.208 e. The fourth-order valence-electron chi connectivity index (χ4n) is 2.27. The summed E-state index contributed by atoms with van der Waals surface area (Å²) in [5, 5.41) is 3.39. The molecule has 0 radical (unpaired) electrons. The van der Waals surface area contributed by atoms with Crippen LogP contribution in [-0.2, 0) is 10.0 Å². The molecule has 2 N–H and O–H groups in total. The van der Waals surface area contributed by atoms with E-state index in [0.717, 1.165) is 11.3 Å². The summed E-state index contributed by atoms with van der Waals surface area (Å²) < 4.78 is 30.1. The molecule has 0 saturated heterocycles. The number of ether oxygens (including phenoxy) is 1. The Kier molecular flexibility index (Phi) is 4.44. The molecule has 2 atom stereocenters. The molecular formula is C13H20N2O3S. The van der Waals surface area contributed by atoms with Crippen molar-refractivity contribution in [1.29, 1.82) is 0 Å². The minimum absolute atomic E-state index is 0.200. The van der Waals surface area contributed by atoms with Gasteiger partial charge < -0.3 is 10.1 Å². The van der Waals surface area contributed by atoms with Crippen LogP contribution >= 0.6 is 0 Å². The van der Waals surface area contributed by atoms with Crippen molar-refractivity contribution in [3.8, 4) is 5.75 Å². The van der Waals surface area contributed by atoms with Crippen LogP contribution in [-0.4, -0.2) is 34.4 Å². The van der Waals surface area contributed by atoms with Gasteiger partial charge in [-0.25, -0.2) is 13.1 Å². The first-order valence-electron chi connectivity index (χ1n) is 6.37. The van der Waals surface area contributed by atoms with Crippen LogP contribution in [0.3, 0.4) is 0 Å². The number of hydrogen-bond donors (Lipinski definition) is 2. The SMILES string of the molecule is CC1COc2ccccc2C1NCCNS(C)(=O)=O. The first-order valence-corrected chi connectivity index (χ1v) is 8.26. The second kappa shape index (κ2) is 5.90. The van der Waals surface area contributed by atoms with Crippen LogP contribution in [0.15, 0.2) is 24.3 Å². The molecule has 0 spiro atoms. The van der Waals surface area contributed by atoms with Crippen molar-refractivity contribution in [3.63, 3.8) is 0 Å². The Balaban J connectivity index is 1.96. The van der Waals surface area contributed by atoms with Crippen LogP contribution in [0.1, 0.15) is 18.5 Å². The fourth-order valence-corrected chi connectivity index (χ4v) is 2.74. The minimum atomic E-state index is -3.12. The van der Waals surface area contributed by atoms with Gasteiger partial charge in [0, 0.05) is 30.6 Å². The lowest BCUT2D eigenvalue weighted by Crippen LogP contribution is -2.38. The van der Waals surface area contributed by atoms with E-state index in [1.807, 2.05) is 24.3 Å². The highest BCUT2D eigenvalue weighted by atomic mass is 32.2. The van der Waals surface area contributed by atoms with Gasteiger partial charge in [0.15, 0.2) is 0 Å². The second-order valence-electron chi connectivity index (χ2n) is 4.92. The van der Waals surface area contributed by atoms with E-state index in [-0.39, 0.29) is 6.04 Å². The second-order valence-corrected chi connectivity index (χ2v) is 6.76. The maximum absolute atomic E-state index is 11.0. The molecule has 0 amide bonds. The zero-order chi connectivity index (χ0) is 13.9. The Hall–Kier alpha value is -1.11. The summed E-state index contributed by atoms with van der Waals surface area (Å²) in [5.41, 5.74) is 1.14. The maximum atomic E-state index is 11.0. The maximum Gasteiger partial charge on any atom is 0.208 e. The molecule has 19 heavy (non-hydrogen) atoms. The molecule has 106 valence electrons. The van der Waals surface area contributed by atoms with E-state index in [2.05, 4.69) is 17.0 Å². The molecule has 0 bridgehead atoms. The zero-order valence-electron chi connectivity index (χ0n) is 11.2. The summed E-state index contributed by atoms with van der Waals surface area (Å²) in [6.45, 7) is 3.78. The number of nitrogens with one attached hydrogen (secondary N) is 2. The third kappa shape index (κ3) is 3.92. The van der Waals surface area contributed by atoms with E-state index in [9.17, 15) is 8.42 Å². The van der Waals surface area contributed by atoms with Gasteiger partial charge in [0.2, 0.25) is 10.0 Å². The summed E-state index contributed by atoms with van der Waals surface area (Å²) >= 11 is 0. The monoisotopic (exact) mass is 284 g/mol. The van der Waals surface area contributed by atoms with Crippen molar-refractivity contribution < 1.29 is 13.2 Å². The molecule has 1 aromatic rings. The third-order valence-electron chi connectivity index (χ3n) is 3.18. The van der Waals surface area contributed by atoms with Crippen LogP contribution in [0.5, 0.6) is 5.75 Å². The number of para-hydroxylation sites is 1. The van der Waals surface area contributed by atoms with Crippen molar-refractivity contribution in [1.82, 2.24) is 10.0 Å². The molecule has 0 fully saturated rings. The normalized spacial score (nSPS) is 22.6. The molecule has 2 rings (SSSR count). The molecule has 0 aromatic heterocycles. The van der Waals surface area contributed by atoms with Gasteiger partial charge in [-0.05, 0) is 6.07 Å². The Labute approximate surface area is 114 Å². The van der Waals surface area contributed by atoms with Gasteiger partial charge >= 0.3 is 0 Å². The van der Waals surface area contributed by atoms with E-state index in [4.69, 9.17) is 4.74 Å². The van der Waals surface area contributed by atoms with Crippen molar-refractivity contribution in [2.45, 2.75) is 13.0 Å². The van der Waals surface area contributed by atoms with Gasteiger partial charge in [-0.1, -0.05) is 25.1 Å². The van der Waals surface area contributed by atoms with Gasteiger partial charge in [-0.2, -0.15) is 0 Å². The van der Waals surface area contributed by atoms with Gasteiger partial charge in [0.25, 0.3) is 0 Å². The highest BCUT2D eigenvalue weighted by molar-refractivity contribution is 7.88. The largest absolute Gasteiger partial charge is 0.493 e. The van der Waals surface area contributed by atoms with Crippen LogP contribution in [0, 0.1) is 5.92 Å². The molecule has 5 nitrogen and oxygen atoms in total. The van der Waals surface area contributed by atoms with Crippen molar-refractivity contribution in [3.05, 3.63) is 29.8 Å². The molecule has 6 heteroatoms. The Morgan fingerprint density at radius 1 is 1.32 bits per heavy atom. The molecular weight excluding hydrogens is 264 g/mol. The lowest BCUT2D eigenvalue weighted by molar-refractivity contribution is 0.189. The summed E-state index contributed by atoms with van der Waals surface area (Å²) in [5.74, 6) is 1.27. The van der Waals surface area contributed by atoms with Crippen LogP contribution in [0.25, 0.3) is 0 Å². The summed E-state index contributed by atoms with van der Waals surface area (Å²) in [4.78, 5) is 0. The molecule has 0 aliphatic carbocycles. The number of benzene rings is 1. The van der Waals surface area contributed by atoms with E-state index in [0.29, 0.717) is 25.6 Å². The quantitative estimate of drug-likeness (QED) is 0.788. The topological polar surface area (TPSA) is 67.4 Å². The number of hydrogen-bond acceptors (Lipinski definition) is 4. The first-order chi connectivity index (χ1) is 8.97. The van der Waals surface area contributed by atoms with Crippen LogP contribution in [0.2, 0.25) is 0 Å². The standard InChI is InChI=1S/C13H20N2O3S/c1-10-9-18-12-6-4-3-5-11(12)13(10)14-7-8-15-19(2,16)17/h3-6,10,13-15H,7-9H2,1-2H3. The van der Waals surface area contributed by atoms with Gasteiger partial charge in [0.05, 0.1) is 12.9 Å². The van der Waals surface area contributed by atoms with Crippen molar-refractivity contribution in [2.75, 3.05) is 26.0 Å². The average molecular weight is 284 g/mol. The van der Waals surface area contributed by atoms with E-state index < -0.39 is 10.0 Å². The molecule has 1 aliphatic heterocycles. The number of fused-ring (bicyclic) bond motifs is 1. The number of sulfonamides is 1. The molecule has 1 aromatic carbocycles. The molecule has 0 saturated carbocycles. The average Bonchev–Trinajstić information content (AvgIpc) is 2.35. The van der Waals surface area contributed by atoms with Crippen LogP contribution in [0.4, 0.5) is 0 Å². The van der Waals surface area contributed by atoms with Crippen molar-refractivity contribution >= 4 is 10.0 Å². The van der Waals surface area contributed by atoms with Gasteiger partial charge in [-0.3, -0.25) is 0 Å². The molecule has 1 aliphatic rings. The highest BCUT2D eigenvalue weighted by Crippen LogP contribution is 2.34. The Bertz CT molecular complexity index is 530. The zero-order valence-corrected chi connectivity index (χ0v) is 12.0. The lowest BCUT2D eigenvalue weighted by atomic mass is 9.92. The lowest BCUT2D eigenvalue weighted by Gasteiger charge is -2.32. The van der Waals surface area contributed by atoms with Gasteiger partial charge in [-0.15, -0.1) is 0 Å². The Morgan fingerprint density at radius 2 is 2.05 bits per heavy atom. The summed E-state index contributed by atoms with van der Waals surface area (Å²) in [7, 11) is -3.12. The summed E-state index contributed by atoms with van der Waals surface area (Å²) in [6.07, 6.45) is 1.17. The van der Waals surface area contributed by atoms with E-state index >= 15 is 0 Å². The van der Waals surface area contributed by atoms with Crippen LogP contribution < -0.4 is 14.8 Å². The van der Waals surface area contributed by atoms with E-state index in [1.165, 1.54) is 6.26 Å². The summed E-state index contributed by atoms with van der Waals surface area (Å²) in [6, 6.07) is 8.16.